The zero-order chi connectivity index (χ0) is 14.4. The first-order chi connectivity index (χ1) is 9.70. The van der Waals surface area contributed by atoms with E-state index in [4.69, 9.17) is 0 Å². The van der Waals surface area contributed by atoms with Crippen molar-refractivity contribution in [3.05, 3.63) is 41.1 Å². The SMILES string of the molecule is CCCNc1snnc1CN(C)Cc1ccccc1C. The van der Waals surface area contributed by atoms with Crippen LogP contribution in [0.2, 0.25) is 0 Å². The predicted octanol–water partition coefficient (Wildman–Crippen LogP) is 3.30. The third-order valence-corrected chi connectivity index (χ3v) is 3.94. The topological polar surface area (TPSA) is 41.1 Å². The first-order valence-corrected chi connectivity index (χ1v) is 7.76. The van der Waals surface area contributed by atoms with Crippen molar-refractivity contribution in [1.29, 1.82) is 0 Å². The van der Waals surface area contributed by atoms with Gasteiger partial charge in [-0.15, -0.1) is 5.10 Å². The molecular formula is C15H22N4S. The van der Waals surface area contributed by atoms with Crippen LogP contribution in [-0.2, 0) is 13.1 Å². The highest BCUT2D eigenvalue weighted by atomic mass is 32.1. The van der Waals surface area contributed by atoms with Crippen LogP contribution in [0.4, 0.5) is 5.00 Å². The van der Waals surface area contributed by atoms with Crippen LogP contribution in [0.15, 0.2) is 24.3 Å². The van der Waals surface area contributed by atoms with Crippen LogP contribution in [-0.4, -0.2) is 28.1 Å². The van der Waals surface area contributed by atoms with Gasteiger partial charge in [-0.1, -0.05) is 35.7 Å². The normalized spacial score (nSPS) is 11.0. The average molecular weight is 290 g/mol. The van der Waals surface area contributed by atoms with Crippen LogP contribution in [0.5, 0.6) is 0 Å². The molecule has 20 heavy (non-hydrogen) atoms. The fourth-order valence-electron chi connectivity index (χ4n) is 2.07. The van der Waals surface area contributed by atoms with Gasteiger partial charge in [0.25, 0.3) is 0 Å². The average Bonchev–Trinajstić information content (AvgIpc) is 2.86. The quantitative estimate of drug-likeness (QED) is 0.849. The van der Waals surface area contributed by atoms with E-state index in [1.54, 1.807) is 0 Å². The van der Waals surface area contributed by atoms with E-state index in [0.717, 1.165) is 36.8 Å². The Hall–Kier alpha value is -1.46. The second kappa shape index (κ2) is 7.36. The highest BCUT2D eigenvalue weighted by Gasteiger charge is 2.11. The number of aromatic nitrogens is 2. The summed E-state index contributed by atoms with van der Waals surface area (Å²) in [6.07, 6.45) is 1.11. The number of rotatable bonds is 7. The van der Waals surface area contributed by atoms with Crippen LogP contribution >= 0.6 is 11.5 Å². The Morgan fingerprint density at radius 1 is 1.25 bits per heavy atom. The van der Waals surface area contributed by atoms with Gasteiger partial charge in [-0.05, 0) is 31.5 Å². The molecule has 0 saturated carbocycles. The maximum absolute atomic E-state index is 4.24. The Morgan fingerprint density at radius 3 is 2.80 bits per heavy atom. The second-order valence-electron chi connectivity index (χ2n) is 5.07. The molecule has 2 aromatic rings. The lowest BCUT2D eigenvalue weighted by molar-refractivity contribution is 0.314. The number of hydrogen-bond donors (Lipinski definition) is 1. The summed E-state index contributed by atoms with van der Waals surface area (Å²) in [5.74, 6) is 0. The van der Waals surface area contributed by atoms with Crippen molar-refractivity contribution in [2.75, 3.05) is 18.9 Å². The molecule has 108 valence electrons. The van der Waals surface area contributed by atoms with Crippen LogP contribution in [0, 0.1) is 6.92 Å². The summed E-state index contributed by atoms with van der Waals surface area (Å²) in [5.41, 5.74) is 3.74. The van der Waals surface area contributed by atoms with Crippen molar-refractivity contribution in [3.63, 3.8) is 0 Å². The van der Waals surface area contributed by atoms with Crippen molar-refractivity contribution >= 4 is 16.5 Å². The lowest BCUT2D eigenvalue weighted by atomic mass is 10.1. The Labute approximate surface area is 125 Å². The van der Waals surface area contributed by atoms with E-state index in [-0.39, 0.29) is 0 Å². The van der Waals surface area contributed by atoms with Crippen molar-refractivity contribution in [2.45, 2.75) is 33.4 Å². The summed E-state index contributed by atoms with van der Waals surface area (Å²) in [4.78, 5) is 2.27. The molecule has 0 aliphatic carbocycles. The first-order valence-electron chi connectivity index (χ1n) is 6.99. The van der Waals surface area contributed by atoms with E-state index in [9.17, 15) is 0 Å². The summed E-state index contributed by atoms with van der Waals surface area (Å²) in [6, 6.07) is 8.51. The van der Waals surface area contributed by atoms with E-state index < -0.39 is 0 Å². The van der Waals surface area contributed by atoms with Gasteiger partial charge >= 0.3 is 0 Å². The lowest BCUT2D eigenvalue weighted by Crippen LogP contribution is -2.19. The number of nitrogens with zero attached hydrogens (tertiary/aromatic N) is 3. The molecule has 1 N–H and O–H groups in total. The van der Waals surface area contributed by atoms with Gasteiger partial charge in [0, 0.05) is 31.2 Å². The summed E-state index contributed by atoms with van der Waals surface area (Å²) in [5, 5.41) is 8.73. The Bertz CT molecular complexity index is 538. The largest absolute Gasteiger partial charge is 0.374 e. The van der Waals surface area contributed by atoms with Gasteiger partial charge in [0.05, 0.1) is 0 Å². The number of nitrogens with one attached hydrogen (secondary N) is 1. The second-order valence-corrected chi connectivity index (χ2v) is 5.83. The Kier molecular flexibility index (Phi) is 5.49. The predicted molar refractivity (Wildman–Crippen MR) is 85.0 cm³/mol. The minimum absolute atomic E-state index is 0.816. The number of anilines is 1. The van der Waals surface area contributed by atoms with Crippen LogP contribution in [0.3, 0.4) is 0 Å². The van der Waals surface area contributed by atoms with Crippen molar-refractivity contribution in [1.82, 2.24) is 14.5 Å². The number of benzene rings is 1. The fraction of sp³-hybridized carbons (Fsp3) is 0.467. The van der Waals surface area contributed by atoms with Gasteiger partial charge in [0.1, 0.15) is 10.7 Å². The van der Waals surface area contributed by atoms with E-state index in [2.05, 4.69) is 65.0 Å². The van der Waals surface area contributed by atoms with Gasteiger partial charge in [0.2, 0.25) is 0 Å². The maximum atomic E-state index is 4.24. The molecular weight excluding hydrogens is 268 g/mol. The molecule has 0 unspecified atom stereocenters. The standard InChI is InChI=1S/C15H22N4S/c1-4-9-16-15-14(17-18-20-15)11-19(3)10-13-8-6-5-7-12(13)2/h5-8,16H,4,9-11H2,1-3H3. The minimum atomic E-state index is 0.816. The minimum Gasteiger partial charge on any atom is -0.374 e. The smallest absolute Gasteiger partial charge is 0.134 e. The molecule has 0 radical (unpaired) electrons. The zero-order valence-electron chi connectivity index (χ0n) is 12.4. The highest BCUT2D eigenvalue weighted by Crippen LogP contribution is 2.20. The zero-order valence-corrected chi connectivity index (χ0v) is 13.2. The molecule has 1 aromatic carbocycles. The van der Waals surface area contributed by atoms with Gasteiger partial charge in [0.15, 0.2) is 0 Å². The Balaban J connectivity index is 1.96. The summed E-state index contributed by atoms with van der Waals surface area (Å²) >= 11 is 1.44. The molecule has 0 bridgehead atoms. The Morgan fingerprint density at radius 2 is 2.05 bits per heavy atom. The molecule has 0 atom stereocenters. The van der Waals surface area contributed by atoms with E-state index >= 15 is 0 Å². The van der Waals surface area contributed by atoms with E-state index in [0.29, 0.717) is 0 Å². The molecule has 1 heterocycles. The molecule has 0 aliphatic heterocycles. The van der Waals surface area contributed by atoms with Gasteiger partial charge in [-0.3, -0.25) is 4.90 Å². The van der Waals surface area contributed by atoms with Gasteiger partial charge < -0.3 is 5.32 Å². The molecule has 1 aromatic heterocycles. The van der Waals surface area contributed by atoms with Gasteiger partial charge in [-0.2, -0.15) is 0 Å². The van der Waals surface area contributed by atoms with Gasteiger partial charge in [-0.25, -0.2) is 0 Å². The van der Waals surface area contributed by atoms with Crippen LogP contribution in [0.1, 0.15) is 30.2 Å². The molecule has 0 saturated heterocycles. The summed E-state index contributed by atoms with van der Waals surface area (Å²) < 4.78 is 4.06. The van der Waals surface area contributed by atoms with E-state index in [1.165, 1.54) is 22.7 Å². The highest BCUT2D eigenvalue weighted by molar-refractivity contribution is 7.10. The maximum Gasteiger partial charge on any atom is 0.134 e. The molecule has 0 spiro atoms. The lowest BCUT2D eigenvalue weighted by Gasteiger charge is -2.17. The molecule has 4 nitrogen and oxygen atoms in total. The number of aryl methyl sites for hydroxylation is 1. The van der Waals surface area contributed by atoms with Crippen molar-refractivity contribution in [3.8, 4) is 0 Å². The molecule has 0 aliphatic rings. The molecule has 5 heteroatoms. The van der Waals surface area contributed by atoms with Crippen LogP contribution < -0.4 is 5.32 Å². The molecule has 0 amide bonds. The summed E-state index contributed by atoms with van der Waals surface area (Å²) in [7, 11) is 2.12. The summed E-state index contributed by atoms with van der Waals surface area (Å²) in [6.45, 7) is 7.03. The monoisotopic (exact) mass is 290 g/mol. The molecule has 2 rings (SSSR count). The molecule has 0 fully saturated rings. The third-order valence-electron chi connectivity index (χ3n) is 3.21. The van der Waals surface area contributed by atoms with E-state index in [1.807, 2.05) is 0 Å². The third kappa shape index (κ3) is 4.02. The number of hydrogen-bond acceptors (Lipinski definition) is 5. The fourth-order valence-corrected chi connectivity index (χ4v) is 2.67. The van der Waals surface area contributed by atoms with Crippen LogP contribution in [0.25, 0.3) is 0 Å². The van der Waals surface area contributed by atoms with Crippen molar-refractivity contribution < 1.29 is 0 Å². The van der Waals surface area contributed by atoms with Crippen molar-refractivity contribution in [2.24, 2.45) is 0 Å². The first kappa shape index (κ1) is 14.9.